The minimum absolute atomic E-state index is 0.0108. The summed E-state index contributed by atoms with van der Waals surface area (Å²) >= 11 is 2.01. The van der Waals surface area contributed by atoms with Gasteiger partial charge in [0.1, 0.15) is 0 Å². The van der Waals surface area contributed by atoms with Gasteiger partial charge in [0.2, 0.25) is 0 Å². The zero-order chi connectivity index (χ0) is 48.1. The number of hydrogen-bond acceptors (Lipinski definition) is 3. The lowest BCUT2D eigenvalue weighted by Gasteiger charge is -2.43. The summed E-state index contributed by atoms with van der Waals surface area (Å²) in [5.74, 6) is 0.769. The van der Waals surface area contributed by atoms with E-state index < -0.39 is 5.41 Å². The van der Waals surface area contributed by atoms with Crippen molar-refractivity contribution < 1.29 is 0 Å². The van der Waals surface area contributed by atoms with Crippen molar-refractivity contribution in [3.63, 3.8) is 0 Å². The highest BCUT2D eigenvalue weighted by molar-refractivity contribution is 7.33. The molecule has 2 aliphatic carbocycles. The molecule has 342 valence electrons. The first-order valence-corrected chi connectivity index (χ1v) is 26.4. The van der Waals surface area contributed by atoms with Crippen molar-refractivity contribution in [2.24, 2.45) is 0 Å². The minimum atomic E-state index is -0.415. The van der Waals surface area contributed by atoms with Crippen molar-refractivity contribution >= 4 is 78.0 Å². The number of thiophene rings is 1. The Morgan fingerprint density at radius 2 is 1.03 bits per heavy atom. The Morgan fingerprint density at radius 1 is 0.479 bits per heavy atom. The molecule has 0 amide bonds. The van der Waals surface area contributed by atoms with Gasteiger partial charge in [-0.2, -0.15) is 0 Å². The van der Waals surface area contributed by atoms with Gasteiger partial charge in [0.25, 0.3) is 6.71 Å². The fourth-order valence-corrected chi connectivity index (χ4v) is 14.6. The third-order valence-electron chi connectivity index (χ3n) is 16.4. The molecule has 0 N–H and O–H groups in total. The zero-order valence-electron chi connectivity index (χ0n) is 41.5. The molecule has 0 fully saturated rings. The summed E-state index contributed by atoms with van der Waals surface area (Å²) in [7, 11) is 0. The second-order valence-electron chi connectivity index (χ2n) is 21.9. The summed E-state index contributed by atoms with van der Waals surface area (Å²) in [4.78, 5) is 5.18. The van der Waals surface area contributed by atoms with Crippen molar-refractivity contribution in [2.45, 2.75) is 71.1 Å². The van der Waals surface area contributed by atoms with E-state index in [9.17, 15) is 0 Å². The predicted octanol–water partition coefficient (Wildman–Crippen LogP) is 16.5. The summed E-state index contributed by atoms with van der Waals surface area (Å²) in [6.07, 6.45) is 0. The molecular formula is C67H55BN2S. The third-order valence-corrected chi connectivity index (χ3v) is 17.6. The molecule has 10 aromatic rings. The van der Waals surface area contributed by atoms with Gasteiger partial charge in [-0.25, -0.2) is 0 Å². The molecule has 0 saturated heterocycles. The molecule has 0 bridgehead atoms. The summed E-state index contributed by atoms with van der Waals surface area (Å²) in [6, 6.07) is 74.8. The second kappa shape index (κ2) is 15.3. The molecule has 4 heteroatoms. The van der Waals surface area contributed by atoms with E-state index in [1.165, 1.54) is 132 Å². The number of para-hydroxylation sites is 1. The molecule has 14 rings (SSSR count). The highest BCUT2D eigenvalue weighted by atomic mass is 32.1. The summed E-state index contributed by atoms with van der Waals surface area (Å²) in [5.41, 5.74) is 27.3. The van der Waals surface area contributed by atoms with Crippen molar-refractivity contribution in [3.05, 3.63) is 233 Å². The fourth-order valence-electron chi connectivity index (χ4n) is 13.3. The monoisotopic (exact) mass is 930 g/mol. The quantitative estimate of drug-likeness (QED) is 0.159. The van der Waals surface area contributed by atoms with Crippen LogP contribution in [0.1, 0.15) is 99.2 Å². The highest BCUT2D eigenvalue weighted by Gasteiger charge is 2.52. The first kappa shape index (κ1) is 42.5. The van der Waals surface area contributed by atoms with Crippen molar-refractivity contribution in [1.29, 1.82) is 0 Å². The first-order chi connectivity index (χ1) is 34.5. The summed E-state index contributed by atoms with van der Waals surface area (Å²) in [6.45, 7) is 16.3. The summed E-state index contributed by atoms with van der Waals surface area (Å²) < 4.78 is 2.72. The van der Waals surface area contributed by atoms with E-state index in [0.717, 1.165) is 0 Å². The van der Waals surface area contributed by atoms with Crippen molar-refractivity contribution in [3.8, 4) is 33.4 Å². The van der Waals surface area contributed by atoms with Crippen LogP contribution < -0.4 is 25.5 Å². The summed E-state index contributed by atoms with van der Waals surface area (Å²) in [5, 5.41) is 1.31. The van der Waals surface area contributed by atoms with Gasteiger partial charge < -0.3 is 9.80 Å². The van der Waals surface area contributed by atoms with E-state index in [1.54, 1.807) is 0 Å². The molecule has 0 radical (unpaired) electrons. The minimum Gasteiger partial charge on any atom is -0.311 e. The Morgan fingerprint density at radius 3 is 1.63 bits per heavy atom. The van der Waals surface area contributed by atoms with Crippen LogP contribution in [0.5, 0.6) is 0 Å². The average Bonchev–Trinajstić information content (AvgIpc) is 4.01. The van der Waals surface area contributed by atoms with Crippen LogP contribution in [0.25, 0.3) is 43.5 Å². The Hall–Kier alpha value is -7.40. The van der Waals surface area contributed by atoms with E-state index in [2.05, 4.69) is 252 Å². The van der Waals surface area contributed by atoms with Gasteiger partial charge in [-0.15, -0.1) is 11.3 Å². The van der Waals surface area contributed by atoms with Gasteiger partial charge >= 0.3 is 0 Å². The molecule has 2 nitrogen and oxygen atoms in total. The third kappa shape index (κ3) is 5.83. The molecule has 0 atom stereocenters. The lowest BCUT2D eigenvalue weighted by Crippen LogP contribution is -2.60. The number of benzene rings is 9. The van der Waals surface area contributed by atoms with Gasteiger partial charge in [-0.3, -0.25) is 0 Å². The standard InChI is InChI=1S/C67H55BN2S/c1-40(2)46-24-17-25-47(41(3)4)62(46)42-31-36-57-60(37-42)69(44-19-9-8-10-20-44)58-29-18-30-59-63(58)68(57)65-64(70(59)45-34-32-43(33-35-45)66(5,6)7)52-38-51-50-23-13-16-28-55(50)67(56(51)39-61(52)71-65)53-26-14-11-21-48(53)49-22-12-15-27-54(49)67/h8-41H,1-7H3. The Labute approximate surface area is 423 Å². The largest absolute Gasteiger partial charge is 0.311 e. The van der Waals surface area contributed by atoms with E-state index >= 15 is 0 Å². The van der Waals surface area contributed by atoms with Crippen LogP contribution in [0.2, 0.25) is 0 Å². The maximum Gasteiger partial charge on any atom is 0.264 e. The van der Waals surface area contributed by atoms with E-state index in [0.29, 0.717) is 11.8 Å². The van der Waals surface area contributed by atoms with Crippen LogP contribution in [-0.2, 0) is 10.8 Å². The number of fused-ring (bicyclic) bond motifs is 16. The number of nitrogens with zero attached hydrogens (tertiary/aromatic N) is 2. The van der Waals surface area contributed by atoms with E-state index in [-0.39, 0.29) is 12.1 Å². The van der Waals surface area contributed by atoms with Crippen LogP contribution in [0.15, 0.2) is 194 Å². The Balaban J connectivity index is 1.08. The SMILES string of the molecule is CC(C)c1cccc(C(C)C)c1-c1ccc2c(c1)N(c1ccccc1)c1cccc3c1B2c1sc2cc4c(cc2c1N3c1ccc(C(C)(C)C)cc1)-c1ccccc1C41c2ccccc2-c2ccccc21. The smallest absolute Gasteiger partial charge is 0.264 e. The fraction of sp³-hybridized carbons (Fsp3) is 0.164. The maximum atomic E-state index is 2.62. The maximum absolute atomic E-state index is 2.62. The molecule has 1 aromatic heterocycles. The molecule has 0 saturated carbocycles. The van der Waals surface area contributed by atoms with E-state index in [1.807, 2.05) is 11.3 Å². The number of anilines is 6. The predicted molar refractivity (Wildman–Crippen MR) is 304 cm³/mol. The molecule has 4 aliphatic rings. The zero-order valence-corrected chi connectivity index (χ0v) is 42.3. The molecule has 71 heavy (non-hydrogen) atoms. The topological polar surface area (TPSA) is 6.48 Å². The van der Waals surface area contributed by atoms with Gasteiger partial charge in [-0.05, 0) is 155 Å². The lowest BCUT2D eigenvalue weighted by molar-refractivity contribution is 0.590. The van der Waals surface area contributed by atoms with Gasteiger partial charge in [0.05, 0.1) is 11.1 Å². The van der Waals surface area contributed by atoms with Gasteiger partial charge in [0.15, 0.2) is 0 Å². The van der Waals surface area contributed by atoms with Gasteiger partial charge in [-0.1, -0.05) is 188 Å². The van der Waals surface area contributed by atoms with Crippen LogP contribution in [0.4, 0.5) is 34.1 Å². The highest BCUT2D eigenvalue weighted by Crippen LogP contribution is 2.64. The Kier molecular flexibility index (Phi) is 9.16. The lowest BCUT2D eigenvalue weighted by atomic mass is 9.36. The number of rotatable bonds is 5. The van der Waals surface area contributed by atoms with Gasteiger partial charge in [0, 0.05) is 43.3 Å². The molecule has 3 heterocycles. The molecule has 9 aromatic carbocycles. The van der Waals surface area contributed by atoms with Crippen molar-refractivity contribution in [1.82, 2.24) is 0 Å². The second-order valence-corrected chi connectivity index (χ2v) is 23.0. The number of hydrogen-bond donors (Lipinski definition) is 0. The van der Waals surface area contributed by atoms with Crippen LogP contribution >= 0.6 is 11.3 Å². The molecule has 1 spiro atoms. The Bertz CT molecular complexity index is 3760. The van der Waals surface area contributed by atoms with Crippen LogP contribution in [-0.4, -0.2) is 6.71 Å². The van der Waals surface area contributed by atoms with Crippen LogP contribution in [0, 0.1) is 0 Å². The normalized spacial score (nSPS) is 14.4. The molecule has 2 aliphatic heterocycles. The van der Waals surface area contributed by atoms with Crippen molar-refractivity contribution in [2.75, 3.05) is 9.80 Å². The average molecular weight is 931 g/mol. The molecular weight excluding hydrogens is 876 g/mol. The first-order valence-electron chi connectivity index (χ1n) is 25.6. The molecule has 0 unspecified atom stereocenters. The van der Waals surface area contributed by atoms with E-state index in [4.69, 9.17) is 0 Å². The van der Waals surface area contributed by atoms with Crippen LogP contribution in [0.3, 0.4) is 0 Å².